The molecule has 0 radical (unpaired) electrons. The van der Waals surface area contributed by atoms with E-state index < -0.39 is 17.9 Å². The molecule has 5 heteroatoms. The predicted molar refractivity (Wildman–Crippen MR) is 95.0 cm³/mol. The lowest BCUT2D eigenvalue weighted by atomic mass is 9.95. The number of carboxylic acids is 1. The Bertz CT molecular complexity index is 841. The number of carbonyl (C=O) groups is 3. The molecule has 0 heterocycles. The van der Waals surface area contributed by atoms with Crippen LogP contribution in [0.25, 0.3) is 0 Å². The van der Waals surface area contributed by atoms with Crippen molar-refractivity contribution in [2.75, 3.05) is 7.05 Å². The molecule has 2 rings (SSSR count). The first-order valence-electron chi connectivity index (χ1n) is 7.95. The minimum atomic E-state index is -1.10. The molecule has 1 amide bonds. The van der Waals surface area contributed by atoms with Crippen LogP contribution in [-0.4, -0.2) is 40.8 Å². The van der Waals surface area contributed by atoms with Crippen LogP contribution < -0.4 is 0 Å². The van der Waals surface area contributed by atoms with Crippen LogP contribution in [0.15, 0.2) is 42.5 Å². The molecule has 25 heavy (non-hydrogen) atoms. The number of ketones is 1. The molecule has 0 saturated carbocycles. The molecule has 5 nitrogen and oxygen atoms in total. The zero-order valence-electron chi connectivity index (χ0n) is 14.7. The van der Waals surface area contributed by atoms with E-state index in [1.165, 1.54) is 14.0 Å². The molecule has 0 aromatic heterocycles. The lowest BCUT2D eigenvalue weighted by Crippen LogP contribution is -2.40. The minimum absolute atomic E-state index is 0.196. The minimum Gasteiger partial charge on any atom is -0.480 e. The fraction of sp³-hybridized carbons (Fsp3) is 0.250. The molecule has 2 aromatic rings. The highest BCUT2D eigenvalue weighted by atomic mass is 16.4. The van der Waals surface area contributed by atoms with Crippen molar-refractivity contribution in [3.63, 3.8) is 0 Å². The fourth-order valence-electron chi connectivity index (χ4n) is 2.44. The monoisotopic (exact) mass is 339 g/mol. The van der Waals surface area contributed by atoms with Gasteiger partial charge in [-0.15, -0.1) is 0 Å². The molecule has 0 fully saturated rings. The van der Waals surface area contributed by atoms with Crippen LogP contribution in [0.2, 0.25) is 0 Å². The van der Waals surface area contributed by atoms with Crippen LogP contribution in [0.5, 0.6) is 0 Å². The van der Waals surface area contributed by atoms with Gasteiger partial charge in [0.2, 0.25) is 0 Å². The highest BCUT2D eigenvalue weighted by Gasteiger charge is 2.26. The molecule has 0 saturated heterocycles. The van der Waals surface area contributed by atoms with E-state index in [2.05, 4.69) is 0 Å². The van der Waals surface area contributed by atoms with Gasteiger partial charge in [-0.05, 0) is 44.0 Å². The topological polar surface area (TPSA) is 74.7 Å². The first kappa shape index (κ1) is 18.4. The van der Waals surface area contributed by atoms with Gasteiger partial charge in [0.1, 0.15) is 6.04 Å². The second kappa shape index (κ2) is 7.30. The number of amides is 1. The smallest absolute Gasteiger partial charge is 0.326 e. The van der Waals surface area contributed by atoms with Crippen LogP contribution in [0.4, 0.5) is 0 Å². The molecule has 1 unspecified atom stereocenters. The summed E-state index contributed by atoms with van der Waals surface area (Å²) in [5, 5.41) is 9.10. The van der Waals surface area contributed by atoms with Crippen LogP contribution in [0.1, 0.15) is 44.3 Å². The maximum atomic E-state index is 12.9. The summed E-state index contributed by atoms with van der Waals surface area (Å²) in [7, 11) is 1.42. The third kappa shape index (κ3) is 3.76. The highest BCUT2D eigenvalue weighted by molar-refractivity contribution is 6.15. The second-order valence-corrected chi connectivity index (χ2v) is 6.10. The number of benzene rings is 2. The van der Waals surface area contributed by atoms with Gasteiger partial charge in [0, 0.05) is 18.2 Å². The molecule has 130 valence electrons. The number of hydrogen-bond donors (Lipinski definition) is 1. The van der Waals surface area contributed by atoms with Gasteiger partial charge in [0.05, 0.1) is 5.56 Å². The van der Waals surface area contributed by atoms with Gasteiger partial charge in [0.25, 0.3) is 5.91 Å². The molecule has 0 aliphatic rings. The van der Waals surface area contributed by atoms with E-state index >= 15 is 0 Å². The summed E-state index contributed by atoms with van der Waals surface area (Å²) in [6.07, 6.45) is 0. The normalized spacial score (nSPS) is 11.7. The van der Waals surface area contributed by atoms with Crippen molar-refractivity contribution in [3.05, 3.63) is 70.3 Å². The van der Waals surface area contributed by atoms with Gasteiger partial charge >= 0.3 is 5.97 Å². The van der Waals surface area contributed by atoms with Gasteiger partial charge in [-0.25, -0.2) is 4.79 Å². The third-order valence-corrected chi connectivity index (χ3v) is 4.43. The summed E-state index contributed by atoms with van der Waals surface area (Å²) >= 11 is 0. The van der Waals surface area contributed by atoms with Gasteiger partial charge in [0.15, 0.2) is 5.78 Å². The van der Waals surface area contributed by atoms with E-state index in [4.69, 9.17) is 5.11 Å². The van der Waals surface area contributed by atoms with E-state index in [-0.39, 0.29) is 16.9 Å². The van der Waals surface area contributed by atoms with E-state index in [0.29, 0.717) is 5.56 Å². The molecular weight excluding hydrogens is 318 g/mol. The second-order valence-electron chi connectivity index (χ2n) is 6.10. The van der Waals surface area contributed by atoms with E-state index in [0.717, 1.165) is 16.0 Å². The summed E-state index contributed by atoms with van der Waals surface area (Å²) in [4.78, 5) is 37.8. The average molecular weight is 339 g/mol. The number of likely N-dealkylation sites (N-methyl/N-ethyl adjacent to an activating group) is 1. The standard InChI is InChI=1S/C20H21NO4/c1-12-9-10-15(11-13(12)2)18(22)16-7-5-6-8-17(16)19(23)21(4)14(3)20(24)25/h5-11,14H,1-4H3,(H,24,25). The van der Waals surface area contributed by atoms with Crippen molar-refractivity contribution in [2.24, 2.45) is 0 Å². The fourth-order valence-corrected chi connectivity index (χ4v) is 2.44. The summed E-state index contributed by atoms with van der Waals surface area (Å²) in [6, 6.07) is 10.9. The zero-order chi connectivity index (χ0) is 18.7. The molecule has 0 aliphatic heterocycles. The van der Waals surface area contributed by atoms with Crippen molar-refractivity contribution in [1.29, 1.82) is 0 Å². The number of rotatable bonds is 5. The van der Waals surface area contributed by atoms with E-state index in [1.807, 2.05) is 19.9 Å². The quantitative estimate of drug-likeness (QED) is 0.850. The van der Waals surface area contributed by atoms with Gasteiger partial charge in [-0.2, -0.15) is 0 Å². The van der Waals surface area contributed by atoms with E-state index in [1.54, 1.807) is 36.4 Å². The Morgan fingerprint density at radius 3 is 2.12 bits per heavy atom. The third-order valence-electron chi connectivity index (χ3n) is 4.43. The number of aliphatic carboxylic acids is 1. The summed E-state index contributed by atoms with van der Waals surface area (Å²) in [5.41, 5.74) is 3.03. The van der Waals surface area contributed by atoms with Crippen molar-refractivity contribution < 1.29 is 19.5 Å². The van der Waals surface area contributed by atoms with Gasteiger partial charge in [-0.1, -0.05) is 30.3 Å². The molecule has 2 aromatic carbocycles. The summed E-state index contributed by atoms with van der Waals surface area (Å²) in [6.45, 7) is 5.31. The van der Waals surface area contributed by atoms with Crippen molar-refractivity contribution in [3.8, 4) is 0 Å². The zero-order valence-corrected chi connectivity index (χ0v) is 14.7. The van der Waals surface area contributed by atoms with Crippen LogP contribution in [0.3, 0.4) is 0 Å². The lowest BCUT2D eigenvalue weighted by Gasteiger charge is -2.22. The van der Waals surface area contributed by atoms with Crippen molar-refractivity contribution in [1.82, 2.24) is 4.90 Å². The highest BCUT2D eigenvalue weighted by Crippen LogP contribution is 2.19. The Labute approximate surface area is 146 Å². The lowest BCUT2D eigenvalue weighted by molar-refractivity contribution is -0.141. The number of carbonyl (C=O) groups excluding carboxylic acids is 2. The largest absolute Gasteiger partial charge is 0.480 e. The van der Waals surface area contributed by atoms with Crippen molar-refractivity contribution >= 4 is 17.7 Å². The first-order valence-corrected chi connectivity index (χ1v) is 7.95. The Morgan fingerprint density at radius 1 is 0.960 bits per heavy atom. The summed E-state index contributed by atoms with van der Waals surface area (Å²) < 4.78 is 0. The number of carboxylic acid groups (broad SMARTS) is 1. The number of hydrogen-bond acceptors (Lipinski definition) is 3. The maximum Gasteiger partial charge on any atom is 0.326 e. The molecule has 0 spiro atoms. The molecule has 0 bridgehead atoms. The molecule has 1 atom stereocenters. The van der Waals surface area contributed by atoms with Gasteiger partial charge in [-0.3, -0.25) is 9.59 Å². The predicted octanol–water partition coefficient (Wildman–Crippen LogP) is 3.08. The van der Waals surface area contributed by atoms with Crippen LogP contribution in [-0.2, 0) is 4.79 Å². The summed E-state index contributed by atoms with van der Waals surface area (Å²) in [5.74, 6) is -1.86. The van der Waals surface area contributed by atoms with E-state index in [9.17, 15) is 14.4 Å². The Morgan fingerprint density at radius 2 is 1.56 bits per heavy atom. The Hall–Kier alpha value is -2.95. The number of nitrogens with zero attached hydrogens (tertiary/aromatic N) is 1. The maximum absolute atomic E-state index is 12.9. The SMILES string of the molecule is Cc1ccc(C(=O)c2ccccc2C(=O)N(C)C(C)C(=O)O)cc1C. The van der Waals surface area contributed by atoms with Crippen LogP contribution in [0, 0.1) is 13.8 Å². The molecule has 1 N–H and O–H groups in total. The Kier molecular flexibility index (Phi) is 5.37. The van der Waals surface area contributed by atoms with Crippen molar-refractivity contribution in [2.45, 2.75) is 26.8 Å². The number of aryl methyl sites for hydroxylation is 2. The molecular formula is C20H21NO4. The first-order chi connectivity index (χ1) is 11.7. The molecule has 0 aliphatic carbocycles. The average Bonchev–Trinajstić information content (AvgIpc) is 2.61. The van der Waals surface area contributed by atoms with Gasteiger partial charge < -0.3 is 10.0 Å². The van der Waals surface area contributed by atoms with Crippen LogP contribution >= 0.6 is 0 Å². The Balaban J connectivity index is 2.43.